The molecule has 3 unspecified atom stereocenters. The second kappa shape index (κ2) is 10.4. The Hall–Kier alpha value is -1.55. The molecule has 0 saturated heterocycles. The third-order valence-electron chi connectivity index (χ3n) is 4.88. The van der Waals surface area contributed by atoms with Gasteiger partial charge in [0.05, 0.1) is 0 Å². The quantitative estimate of drug-likeness (QED) is 0.450. The summed E-state index contributed by atoms with van der Waals surface area (Å²) in [6.45, 7) is 9.43. The Labute approximate surface area is 153 Å². The van der Waals surface area contributed by atoms with Crippen molar-refractivity contribution < 1.29 is 5.11 Å². The SMILES string of the molecule is CCNC(=NCC(CCO)CC(C)C)NCC1CC1c1ccccc1. The van der Waals surface area contributed by atoms with Crippen LogP contribution < -0.4 is 10.6 Å². The van der Waals surface area contributed by atoms with E-state index in [2.05, 4.69) is 61.7 Å². The summed E-state index contributed by atoms with van der Waals surface area (Å²) in [6.07, 6.45) is 3.21. The number of aliphatic hydroxyl groups is 1. The molecule has 2 rings (SSSR count). The zero-order valence-corrected chi connectivity index (χ0v) is 16.0. The number of aliphatic hydroxyl groups excluding tert-OH is 1. The zero-order chi connectivity index (χ0) is 18.1. The Kier molecular flexibility index (Phi) is 8.26. The number of aliphatic imine (C=N–C) groups is 1. The fourth-order valence-electron chi connectivity index (χ4n) is 3.50. The lowest BCUT2D eigenvalue weighted by molar-refractivity contribution is 0.245. The molecule has 25 heavy (non-hydrogen) atoms. The molecule has 0 amide bonds. The van der Waals surface area contributed by atoms with Crippen molar-refractivity contribution in [2.75, 3.05) is 26.2 Å². The molecular formula is C21H35N3O. The molecule has 1 aliphatic carbocycles. The molecule has 140 valence electrons. The number of benzene rings is 1. The van der Waals surface area contributed by atoms with Crippen molar-refractivity contribution in [3.8, 4) is 0 Å². The molecule has 0 bridgehead atoms. The van der Waals surface area contributed by atoms with Gasteiger partial charge in [0.1, 0.15) is 0 Å². The van der Waals surface area contributed by atoms with E-state index in [0.717, 1.165) is 38.4 Å². The Morgan fingerprint density at radius 3 is 2.64 bits per heavy atom. The summed E-state index contributed by atoms with van der Waals surface area (Å²) in [4.78, 5) is 4.77. The maximum absolute atomic E-state index is 9.26. The van der Waals surface area contributed by atoms with Gasteiger partial charge in [-0.05, 0) is 55.4 Å². The maximum atomic E-state index is 9.26. The first-order valence-electron chi connectivity index (χ1n) is 9.82. The van der Waals surface area contributed by atoms with Crippen molar-refractivity contribution in [3.63, 3.8) is 0 Å². The Balaban J connectivity index is 1.81. The summed E-state index contributed by atoms with van der Waals surface area (Å²) < 4.78 is 0. The molecule has 1 aliphatic rings. The van der Waals surface area contributed by atoms with E-state index in [1.807, 2.05) is 0 Å². The Morgan fingerprint density at radius 1 is 1.24 bits per heavy atom. The van der Waals surface area contributed by atoms with E-state index in [9.17, 15) is 5.11 Å². The van der Waals surface area contributed by atoms with Gasteiger partial charge in [0.2, 0.25) is 0 Å². The van der Waals surface area contributed by atoms with Gasteiger partial charge in [-0.1, -0.05) is 44.2 Å². The highest BCUT2D eigenvalue weighted by molar-refractivity contribution is 5.79. The Bertz CT molecular complexity index is 515. The first-order chi connectivity index (χ1) is 12.1. The maximum Gasteiger partial charge on any atom is 0.191 e. The highest BCUT2D eigenvalue weighted by Gasteiger charge is 2.37. The van der Waals surface area contributed by atoms with E-state index in [1.54, 1.807) is 0 Å². The van der Waals surface area contributed by atoms with Crippen molar-refractivity contribution >= 4 is 5.96 Å². The van der Waals surface area contributed by atoms with Crippen LogP contribution in [0.3, 0.4) is 0 Å². The van der Waals surface area contributed by atoms with Crippen molar-refractivity contribution in [1.82, 2.24) is 10.6 Å². The van der Waals surface area contributed by atoms with E-state index < -0.39 is 0 Å². The third-order valence-corrected chi connectivity index (χ3v) is 4.88. The van der Waals surface area contributed by atoms with Gasteiger partial charge >= 0.3 is 0 Å². The predicted molar refractivity (Wildman–Crippen MR) is 106 cm³/mol. The van der Waals surface area contributed by atoms with Crippen LogP contribution in [0.4, 0.5) is 0 Å². The van der Waals surface area contributed by atoms with Gasteiger partial charge in [-0.3, -0.25) is 4.99 Å². The number of nitrogens with one attached hydrogen (secondary N) is 2. The van der Waals surface area contributed by atoms with Crippen LogP contribution in [0.1, 0.15) is 51.5 Å². The fourth-order valence-corrected chi connectivity index (χ4v) is 3.50. The van der Waals surface area contributed by atoms with Crippen LogP contribution in [0, 0.1) is 17.8 Å². The van der Waals surface area contributed by atoms with Crippen molar-refractivity contribution in [1.29, 1.82) is 0 Å². The van der Waals surface area contributed by atoms with E-state index in [4.69, 9.17) is 4.99 Å². The van der Waals surface area contributed by atoms with E-state index in [-0.39, 0.29) is 6.61 Å². The summed E-state index contributed by atoms with van der Waals surface area (Å²) in [5.74, 6) is 3.40. The molecular weight excluding hydrogens is 310 g/mol. The molecule has 1 fully saturated rings. The number of hydrogen-bond donors (Lipinski definition) is 3. The largest absolute Gasteiger partial charge is 0.396 e. The first-order valence-corrected chi connectivity index (χ1v) is 9.82. The molecule has 3 N–H and O–H groups in total. The van der Waals surface area contributed by atoms with E-state index >= 15 is 0 Å². The molecule has 0 spiro atoms. The lowest BCUT2D eigenvalue weighted by atomic mass is 9.94. The van der Waals surface area contributed by atoms with Gasteiger partial charge in [0.25, 0.3) is 0 Å². The molecule has 0 aromatic heterocycles. The number of nitrogens with zero attached hydrogens (tertiary/aromatic N) is 1. The summed E-state index contributed by atoms with van der Waals surface area (Å²) >= 11 is 0. The van der Waals surface area contributed by atoms with Crippen LogP contribution in [0.25, 0.3) is 0 Å². The smallest absolute Gasteiger partial charge is 0.191 e. The van der Waals surface area contributed by atoms with Gasteiger partial charge in [0.15, 0.2) is 5.96 Å². The van der Waals surface area contributed by atoms with Crippen molar-refractivity contribution in [2.24, 2.45) is 22.7 Å². The lowest BCUT2D eigenvalue weighted by Crippen LogP contribution is -2.39. The fraction of sp³-hybridized carbons (Fsp3) is 0.667. The minimum Gasteiger partial charge on any atom is -0.396 e. The van der Waals surface area contributed by atoms with Crippen LogP contribution in [0.5, 0.6) is 0 Å². The second-order valence-electron chi connectivity index (χ2n) is 7.62. The third kappa shape index (κ3) is 7.07. The monoisotopic (exact) mass is 345 g/mol. The average molecular weight is 346 g/mol. The molecule has 4 nitrogen and oxygen atoms in total. The van der Waals surface area contributed by atoms with E-state index in [0.29, 0.717) is 23.7 Å². The number of rotatable bonds is 10. The highest BCUT2D eigenvalue weighted by Crippen LogP contribution is 2.46. The summed E-state index contributed by atoms with van der Waals surface area (Å²) in [5, 5.41) is 16.1. The van der Waals surface area contributed by atoms with Crippen LogP contribution in [0.2, 0.25) is 0 Å². The van der Waals surface area contributed by atoms with Crippen molar-refractivity contribution in [2.45, 2.75) is 46.0 Å². The predicted octanol–water partition coefficient (Wildman–Crippen LogP) is 3.39. The van der Waals surface area contributed by atoms with Gasteiger partial charge < -0.3 is 15.7 Å². The molecule has 0 aliphatic heterocycles. The van der Waals surface area contributed by atoms with Crippen LogP contribution in [0.15, 0.2) is 35.3 Å². The second-order valence-corrected chi connectivity index (χ2v) is 7.62. The van der Waals surface area contributed by atoms with Gasteiger partial charge in [-0.15, -0.1) is 0 Å². The zero-order valence-electron chi connectivity index (χ0n) is 16.0. The summed E-state index contributed by atoms with van der Waals surface area (Å²) in [6, 6.07) is 10.8. The Morgan fingerprint density at radius 2 is 2.00 bits per heavy atom. The van der Waals surface area contributed by atoms with Crippen LogP contribution >= 0.6 is 0 Å². The molecule has 4 heteroatoms. The summed E-state index contributed by atoms with van der Waals surface area (Å²) in [5.41, 5.74) is 1.45. The summed E-state index contributed by atoms with van der Waals surface area (Å²) in [7, 11) is 0. The van der Waals surface area contributed by atoms with E-state index in [1.165, 1.54) is 12.0 Å². The highest BCUT2D eigenvalue weighted by atomic mass is 16.3. The molecule has 1 saturated carbocycles. The minimum absolute atomic E-state index is 0.248. The average Bonchev–Trinajstić information content (AvgIpc) is 3.37. The molecule has 1 aromatic rings. The van der Waals surface area contributed by atoms with Gasteiger partial charge in [-0.2, -0.15) is 0 Å². The molecule has 3 atom stereocenters. The van der Waals surface area contributed by atoms with Crippen molar-refractivity contribution in [3.05, 3.63) is 35.9 Å². The molecule has 0 radical (unpaired) electrons. The van der Waals surface area contributed by atoms with Gasteiger partial charge in [0, 0.05) is 26.2 Å². The molecule has 1 aromatic carbocycles. The minimum atomic E-state index is 0.248. The lowest BCUT2D eigenvalue weighted by Gasteiger charge is -2.17. The molecule has 0 heterocycles. The number of guanidine groups is 1. The number of hydrogen-bond acceptors (Lipinski definition) is 2. The topological polar surface area (TPSA) is 56.7 Å². The normalized spacial score (nSPS) is 21.2. The first kappa shape index (κ1) is 19.8. The van der Waals surface area contributed by atoms with Crippen LogP contribution in [-0.4, -0.2) is 37.3 Å². The standard InChI is InChI=1S/C21H35N3O/c1-4-22-21(23-14-17(10-11-25)12-16(2)3)24-15-19-13-20(19)18-8-6-5-7-9-18/h5-9,16-17,19-20,25H,4,10-15H2,1-3H3,(H2,22,23,24). The van der Waals surface area contributed by atoms with Gasteiger partial charge in [-0.25, -0.2) is 0 Å². The van der Waals surface area contributed by atoms with Crippen LogP contribution in [-0.2, 0) is 0 Å².